The fourth-order valence-corrected chi connectivity index (χ4v) is 6.49. The van der Waals surface area contributed by atoms with Crippen LogP contribution in [0.3, 0.4) is 0 Å². The van der Waals surface area contributed by atoms with Crippen LogP contribution in [0.2, 0.25) is 0 Å². The standard InChI is InChI=1S/C34H52FNO5/c1-4-6-8-9-10-11-12-13-15-16-29(37)30(17-14-7-5-2)41-31(38)24-36-28-23-22-27(34(39)40-3)32(33(28)36)25-18-20-26(35)21-19-25/h13,15,18-21,27-30,32-33,37H,4-12,14,16-17,22-24H2,1-3H3/t27?,28?,29?,30?,32-,33-,36?/m1/s1. The molecule has 1 heterocycles. The van der Waals surface area contributed by atoms with E-state index in [0.29, 0.717) is 19.3 Å². The molecule has 6 nitrogen and oxygen atoms in total. The van der Waals surface area contributed by atoms with Gasteiger partial charge in [0, 0.05) is 18.0 Å². The highest BCUT2D eigenvalue weighted by molar-refractivity contribution is 5.75. The van der Waals surface area contributed by atoms with Gasteiger partial charge in [0.15, 0.2) is 0 Å². The first-order valence-corrected chi connectivity index (χ1v) is 16.0. The van der Waals surface area contributed by atoms with Crippen LogP contribution in [0, 0.1) is 11.7 Å². The summed E-state index contributed by atoms with van der Waals surface area (Å²) >= 11 is 0. The normalized spacial score (nSPS) is 25.0. The number of aliphatic hydroxyl groups excluding tert-OH is 1. The van der Waals surface area contributed by atoms with Gasteiger partial charge in [-0.3, -0.25) is 14.5 Å². The van der Waals surface area contributed by atoms with Crippen molar-refractivity contribution in [1.82, 2.24) is 4.90 Å². The van der Waals surface area contributed by atoms with Gasteiger partial charge in [0.1, 0.15) is 11.9 Å². The van der Waals surface area contributed by atoms with Crippen molar-refractivity contribution in [3.8, 4) is 0 Å². The van der Waals surface area contributed by atoms with Crippen molar-refractivity contribution < 1.29 is 28.6 Å². The maximum absolute atomic E-state index is 13.6. The number of unbranched alkanes of at least 4 members (excludes halogenated alkanes) is 8. The van der Waals surface area contributed by atoms with Crippen LogP contribution >= 0.6 is 0 Å². The van der Waals surface area contributed by atoms with Gasteiger partial charge in [-0.1, -0.05) is 83.1 Å². The smallest absolute Gasteiger partial charge is 0.320 e. The number of carbonyl (C=O) groups excluding carboxylic acids is 2. The van der Waals surface area contributed by atoms with Crippen LogP contribution in [0.5, 0.6) is 0 Å². The molecule has 5 unspecified atom stereocenters. The molecular weight excluding hydrogens is 521 g/mol. The lowest BCUT2D eigenvalue weighted by molar-refractivity contribution is -0.155. The Morgan fingerprint density at radius 3 is 2.39 bits per heavy atom. The number of halogens is 1. The zero-order valence-electron chi connectivity index (χ0n) is 25.4. The summed E-state index contributed by atoms with van der Waals surface area (Å²) in [6.45, 7) is 4.47. The molecule has 0 spiro atoms. The van der Waals surface area contributed by atoms with Crippen LogP contribution in [0.1, 0.15) is 115 Å². The van der Waals surface area contributed by atoms with Crippen molar-refractivity contribution in [1.29, 1.82) is 0 Å². The molecule has 1 saturated heterocycles. The fourth-order valence-electron chi connectivity index (χ4n) is 6.49. The second kappa shape index (κ2) is 17.6. The summed E-state index contributed by atoms with van der Waals surface area (Å²) in [5.41, 5.74) is 0.882. The number of carbonyl (C=O) groups is 2. The summed E-state index contributed by atoms with van der Waals surface area (Å²) in [6, 6.07) is 6.46. The highest BCUT2D eigenvalue weighted by atomic mass is 19.1. The number of esters is 2. The minimum atomic E-state index is -0.733. The maximum Gasteiger partial charge on any atom is 0.320 e. The van der Waals surface area contributed by atoms with E-state index in [1.807, 2.05) is 6.08 Å². The number of hydrogen-bond acceptors (Lipinski definition) is 6. The molecule has 2 aliphatic rings. The number of benzene rings is 1. The van der Waals surface area contributed by atoms with E-state index in [2.05, 4.69) is 24.8 Å². The molecule has 1 saturated carbocycles. The summed E-state index contributed by atoms with van der Waals surface area (Å²) < 4.78 is 24.6. The molecule has 0 bridgehead atoms. The fraction of sp³-hybridized carbons (Fsp3) is 0.706. The van der Waals surface area contributed by atoms with Gasteiger partial charge in [-0.15, -0.1) is 0 Å². The van der Waals surface area contributed by atoms with Crippen LogP contribution in [0.25, 0.3) is 0 Å². The van der Waals surface area contributed by atoms with Crippen molar-refractivity contribution >= 4 is 11.9 Å². The summed E-state index contributed by atoms with van der Waals surface area (Å²) in [5, 5.41) is 10.9. The number of aliphatic hydroxyl groups is 1. The molecule has 1 N–H and O–H groups in total. The van der Waals surface area contributed by atoms with Crippen molar-refractivity contribution in [2.45, 2.75) is 134 Å². The highest BCUT2D eigenvalue weighted by Gasteiger charge is 2.59. The molecule has 2 fully saturated rings. The Morgan fingerprint density at radius 2 is 1.68 bits per heavy atom. The predicted molar refractivity (Wildman–Crippen MR) is 160 cm³/mol. The number of fused-ring (bicyclic) bond motifs is 1. The van der Waals surface area contributed by atoms with E-state index in [4.69, 9.17) is 9.47 Å². The van der Waals surface area contributed by atoms with Crippen molar-refractivity contribution in [3.05, 3.63) is 47.8 Å². The van der Waals surface area contributed by atoms with Crippen LogP contribution < -0.4 is 0 Å². The van der Waals surface area contributed by atoms with E-state index < -0.39 is 12.2 Å². The number of likely N-dealkylation sites (tertiary alicyclic amines) is 1. The van der Waals surface area contributed by atoms with Gasteiger partial charge in [-0.25, -0.2) is 4.39 Å². The first kappa shape index (κ1) is 33.3. The van der Waals surface area contributed by atoms with Gasteiger partial charge in [-0.05, 0) is 62.6 Å². The third kappa shape index (κ3) is 10.2. The zero-order chi connectivity index (χ0) is 29.6. The molecule has 41 heavy (non-hydrogen) atoms. The quantitative estimate of drug-likeness (QED) is 0.0824. The third-order valence-corrected chi connectivity index (χ3v) is 8.83. The lowest BCUT2D eigenvalue weighted by atomic mass is 9.75. The highest BCUT2D eigenvalue weighted by Crippen LogP contribution is 2.51. The molecular formula is C34H52FNO5. The van der Waals surface area contributed by atoms with Crippen molar-refractivity contribution in [2.75, 3.05) is 13.7 Å². The maximum atomic E-state index is 13.6. The lowest BCUT2D eigenvalue weighted by Gasteiger charge is -2.28. The molecule has 1 aliphatic heterocycles. The monoisotopic (exact) mass is 573 g/mol. The third-order valence-electron chi connectivity index (χ3n) is 8.83. The summed E-state index contributed by atoms with van der Waals surface area (Å²) in [7, 11) is 1.39. The Labute approximate surface area is 246 Å². The van der Waals surface area contributed by atoms with Gasteiger partial charge >= 0.3 is 11.9 Å². The molecule has 1 aromatic rings. The molecule has 1 aromatic carbocycles. The number of methoxy groups -OCH3 is 1. The molecule has 7 atom stereocenters. The second-order valence-electron chi connectivity index (χ2n) is 11.9. The minimum Gasteiger partial charge on any atom is -0.469 e. The average Bonchev–Trinajstić information content (AvgIpc) is 3.67. The molecule has 0 aromatic heterocycles. The zero-order valence-corrected chi connectivity index (χ0v) is 25.4. The Hall–Kier alpha value is -2.25. The van der Waals surface area contributed by atoms with Crippen molar-refractivity contribution in [2.24, 2.45) is 5.92 Å². The van der Waals surface area contributed by atoms with E-state index in [1.54, 1.807) is 12.1 Å². The number of rotatable bonds is 19. The SMILES string of the molecule is CCCCCCCCC=CCC(O)C(CCCCC)OC(=O)CN1C2CCC(C(=O)OC)[C@@H](c3ccc(F)cc3)[C@@H]21. The molecule has 3 rings (SSSR count). The Kier molecular flexibility index (Phi) is 14.3. The topological polar surface area (TPSA) is 75.8 Å². The van der Waals surface area contributed by atoms with E-state index in [9.17, 15) is 19.1 Å². The number of ether oxygens (including phenoxy) is 2. The summed E-state index contributed by atoms with van der Waals surface area (Å²) in [4.78, 5) is 27.8. The van der Waals surface area contributed by atoms with E-state index in [0.717, 1.165) is 37.7 Å². The first-order chi connectivity index (χ1) is 19.9. The molecule has 0 radical (unpaired) electrons. The Morgan fingerprint density at radius 1 is 1.00 bits per heavy atom. The Bertz CT molecular complexity index is 951. The van der Waals surface area contributed by atoms with Gasteiger partial charge in [0.05, 0.1) is 25.7 Å². The van der Waals surface area contributed by atoms with Crippen LogP contribution in [0.4, 0.5) is 4.39 Å². The summed E-state index contributed by atoms with van der Waals surface area (Å²) in [5.74, 6) is -1.44. The van der Waals surface area contributed by atoms with Crippen LogP contribution in [0.15, 0.2) is 36.4 Å². The largest absolute Gasteiger partial charge is 0.469 e. The molecule has 7 heteroatoms. The first-order valence-electron chi connectivity index (χ1n) is 16.0. The molecule has 230 valence electrons. The molecule has 1 aliphatic carbocycles. The van der Waals surface area contributed by atoms with E-state index in [-0.39, 0.29) is 48.2 Å². The number of nitrogens with zero attached hydrogens (tertiary/aromatic N) is 1. The average molecular weight is 574 g/mol. The van der Waals surface area contributed by atoms with Crippen LogP contribution in [-0.4, -0.2) is 59.9 Å². The predicted octanol–water partition coefficient (Wildman–Crippen LogP) is 7.10. The number of hydrogen-bond donors (Lipinski definition) is 1. The minimum absolute atomic E-state index is 0.000711. The number of allylic oxidation sites excluding steroid dienone is 1. The van der Waals surface area contributed by atoms with Gasteiger partial charge < -0.3 is 14.6 Å². The summed E-state index contributed by atoms with van der Waals surface area (Å²) in [6.07, 6.45) is 17.0. The van der Waals surface area contributed by atoms with Gasteiger partial charge in [0.2, 0.25) is 0 Å². The molecule has 0 amide bonds. The van der Waals surface area contributed by atoms with Crippen LogP contribution in [-0.2, 0) is 19.1 Å². The van der Waals surface area contributed by atoms with E-state index in [1.165, 1.54) is 57.8 Å². The van der Waals surface area contributed by atoms with Crippen molar-refractivity contribution in [3.63, 3.8) is 0 Å². The van der Waals surface area contributed by atoms with Gasteiger partial charge in [-0.2, -0.15) is 0 Å². The van der Waals surface area contributed by atoms with E-state index >= 15 is 0 Å². The van der Waals surface area contributed by atoms with Gasteiger partial charge in [0.25, 0.3) is 0 Å². The lowest BCUT2D eigenvalue weighted by Crippen LogP contribution is -2.34. The second-order valence-corrected chi connectivity index (χ2v) is 11.9. The Balaban J connectivity index is 1.55.